The van der Waals surface area contributed by atoms with Crippen LogP contribution < -0.4 is 4.74 Å². The Kier molecular flexibility index (Phi) is 5.94. The molecule has 0 N–H and O–H groups in total. The Balaban J connectivity index is 1.87. The molecule has 0 aliphatic heterocycles. The van der Waals surface area contributed by atoms with Gasteiger partial charge >= 0.3 is 0 Å². The molecule has 0 unspecified atom stereocenters. The Labute approximate surface area is 184 Å². The van der Waals surface area contributed by atoms with Crippen LogP contribution in [-0.2, 0) is 0 Å². The molecule has 0 saturated heterocycles. The van der Waals surface area contributed by atoms with Crippen molar-refractivity contribution in [3.8, 4) is 17.1 Å². The number of hydrogen-bond donors (Lipinski definition) is 0. The molecule has 2 heterocycles. The van der Waals surface area contributed by atoms with Crippen LogP contribution in [0.1, 0.15) is 34.7 Å². The lowest BCUT2D eigenvalue weighted by Gasteiger charge is -2.15. The fraction of sp³-hybridized carbons (Fsp3) is 0.143. The van der Waals surface area contributed by atoms with Crippen molar-refractivity contribution < 1.29 is 4.74 Å². The zero-order valence-electron chi connectivity index (χ0n) is 18.4. The van der Waals surface area contributed by atoms with E-state index in [2.05, 4.69) is 85.3 Å². The third kappa shape index (κ3) is 4.41. The first-order chi connectivity index (χ1) is 15.1. The average Bonchev–Trinajstić information content (AvgIpc) is 2.82. The molecule has 0 amide bonds. The van der Waals surface area contributed by atoms with Crippen LogP contribution in [0.25, 0.3) is 22.5 Å². The summed E-state index contributed by atoms with van der Waals surface area (Å²) in [5.74, 6) is 0.852. The normalized spacial score (nSPS) is 11.7. The van der Waals surface area contributed by atoms with Crippen molar-refractivity contribution in [2.45, 2.75) is 20.8 Å². The van der Waals surface area contributed by atoms with E-state index in [0.29, 0.717) is 0 Å². The summed E-state index contributed by atoms with van der Waals surface area (Å²) in [6.45, 7) is 6.34. The van der Waals surface area contributed by atoms with Crippen molar-refractivity contribution >= 4 is 11.1 Å². The summed E-state index contributed by atoms with van der Waals surface area (Å²) in [5, 5.41) is 0. The van der Waals surface area contributed by atoms with Crippen LogP contribution in [0.5, 0.6) is 5.75 Å². The van der Waals surface area contributed by atoms with Gasteiger partial charge in [0.15, 0.2) is 0 Å². The van der Waals surface area contributed by atoms with Crippen LogP contribution in [0.15, 0.2) is 85.2 Å². The van der Waals surface area contributed by atoms with Crippen LogP contribution in [0, 0.1) is 13.8 Å². The lowest BCUT2D eigenvalue weighted by Crippen LogP contribution is -1.96. The van der Waals surface area contributed by atoms with Gasteiger partial charge in [0.25, 0.3) is 0 Å². The summed E-state index contributed by atoms with van der Waals surface area (Å²) < 4.78 is 5.33. The molecule has 3 heteroatoms. The highest BCUT2D eigenvalue weighted by Crippen LogP contribution is 2.34. The zero-order chi connectivity index (χ0) is 21.8. The van der Waals surface area contributed by atoms with Crippen LogP contribution in [-0.4, -0.2) is 17.1 Å². The molecule has 0 aliphatic rings. The molecule has 154 valence electrons. The second-order valence-corrected chi connectivity index (χ2v) is 7.68. The minimum atomic E-state index is 0.852. The number of benzene rings is 2. The van der Waals surface area contributed by atoms with Crippen LogP contribution in [0.4, 0.5) is 0 Å². The van der Waals surface area contributed by atoms with Crippen molar-refractivity contribution in [2.75, 3.05) is 7.11 Å². The second-order valence-electron chi connectivity index (χ2n) is 7.68. The maximum atomic E-state index is 5.33. The maximum Gasteiger partial charge on any atom is 0.118 e. The van der Waals surface area contributed by atoms with Crippen molar-refractivity contribution in [1.82, 2.24) is 9.97 Å². The molecule has 0 atom stereocenters. The Hall–Kier alpha value is -3.72. The molecule has 0 saturated carbocycles. The predicted octanol–water partition coefficient (Wildman–Crippen LogP) is 6.75. The molecule has 0 aliphatic carbocycles. The van der Waals surface area contributed by atoms with Gasteiger partial charge in [-0.2, -0.15) is 0 Å². The third-order valence-electron chi connectivity index (χ3n) is 5.64. The van der Waals surface area contributed by atoms with Gasteiger partial charge in [-0.25, -0.2) is 0 Å². The highest BCUT2D eigenvalue weighted by atomic mass is 16.5. The first-order valence-electron chi connectivity index (χ1n) is 10.4. The van der Waals surface area contributed by atoms with Crippen LogP contribution in [0.2, 0.25) is 0 Å². The van der Waals surface area contributed by atoms with Gasteiger partial charge in [-0.3, -0.25) is 9.97 Å². The first kappa shape index (κ1) is 20.5. The van der Waals surface area contributed by atoms with Gasteiger partial charge < -0.3 is 4.74 Å². The highest BCUT2D eigenvalue weighted by molar-refractivity contribution is 5.98. The standard InChI is InChI=1S/C28H26N2O/c1-19-16-26(30-18-20(19)2)27-17-24(14-15-29-27)28(23-8-6-5-7-9-23)21(3)22-10-12-25(31-4)13-11-22/h5-18H,1-4H3/b28-21+. The lowest BCUT2D eigenvalue weighted by atomic mass is 9.90. The van der Waals surface area contributed by atoms with Gasteiger partial charge in [0.2, 0.25) is 0 Å². The zero-order valence-corrected chi connectivity index (χ0v) is 18.4. The number of rotatable bonds is 5. The van der Waals surface area contributed by atoms with Crippen molar-refractivity contribution in [3.63, 3.8) is 0 Å². The topological polar surface area (TPSA) is 35.0 Å². The minimum Gasteiger partial charge on any atom is -0.497 e. The predicted molar refractivity (Wildman–Crippen MR) is 128 cm³/mol. The molecular weight excluding hydrogens is 380 g/mol. The van der Waals surface area contributed by atoms with E-state index < -0.39 is 0 Å². The van der Waals surface area contributed by atoms with E-state index in [1.54, 1.807) is 7.11 Å². The Morgan fingerprint density at radius 3 is 2.10 bits per heavy atom. The number of nitrogens with zero attached hydrogens (tertiary/aromatic N) is 2. The summed E-state index contributed by atoms with van der Waals surface area (Å²) in [7, 11) is 1.69. The van der Waals surface area contributed by atoms with Crippen molar-refractivity contribution in [1.29, 1.82) is 0 Å². The van der Waals surface area contributed by atoms with E-state index in [1.165, 1.54) is 27.8 Å². The van der Waals surface area contributed by atoms with Gasteiger partial charge in [-0.1, -0.05) is 42.5 Å². The Morgan fingerprint density at radius 1 is 0.710 bits per heavy atom. The van der Waals surface area contributed by atoms with Crippen molar-refractivity contribution in [2.24, 2.45) is 0 Å². The van der Waals surface area contributed by atoms with Gasteiger partial charge in [0.1, 0.15) is 5.75 Å². The molecule has 0 radical (unpaired) electrons. The van der Waals surface area contributed by atoms with E-state index in [9.17, 15) is 0 Å². The Morgan fingerprint density at radius 2 is 1.42 bits per heavy atom. The highest BCUT2D eigenvalue weighted by Gasteiger charge is 2.13. The van der Waals surface area contributed by atoms with Gasteiger partial charge in [-0.05, 0) is 90.1 Å². The van der Waals surface area contributed by atoms with E-state index in [4.69, 9.17) is 4.74 Å². The minimum absolute atomic E-state index is 0.852. The SMILES string of the molecule is COc1ccc(/C(C)=C(\c2ccccc2)c2ccnc(-c3cc(C)c(C)cn3)c2)cc1. The fourth-order valence-electron chi connectivity index (χ4n) is 3.68. The summed E-state index contributed by atoms with van der Waals surface area (Å²) in [5.41, 5.74) is 9.96. The van der Waals surface area contributed by atoms with Crippen LogP contribution in [0.3, 0.4) is 0 Å². The van der Waals surface area contributed by atoms with E-state index in [-0.39, 0.29) is 0 Å². The molecule has 2 aromatic heterocycles. The second kappa shape index (κ2) is 8.97. The Bertz CT molecular complexity index is 1230. The molecule has 0 spiro atoms. The summed E-state index contributed by atoms with van der Waals surface area (Å²) >= 11 is 0. The number of methoxy groups -OCH3 is 1. The molecular formula is C28H26N2O. The number of aromatic nitrogens is 2. The summed E-state index contributed by atoms with van der Waals surface area (Å²) in [6, 6.07) is 25.0. The number of allylic oxidation sites excluding steroid dienone is 1. The third-order valence-corrected chi connectivity index (χ3v) is 5.64. The molecule has 4 rings (SSSR count). The number of pyridine rings is 2. The maximum absolute atomic E-state index is 5.33. The molecule has 31 heavy (non-hydrogen) atoms. The van der Waals surface area contributed by atoms with E-state index >= 15 is 0 Å². The molecule has 3 nitrogen and oxygen atoms in total. The van der Waals surface area contributed by atoms with E-state index in [1.807, 2.05) is 30.6 Å². The van der Waals surface area contributed by atoms with E-state index in [0.717, 1.165) is 28.3 Å². The van der Waals surface area contributed by atoms with Gasteiger partial charge in [0, 0.05) is 12.4 Å². The lowest BCUT2D eigenvalue weighted by molar-refractivity contribution is 0.415. The summed E-state index contributed by atoms with van der Waals surface area (Å²) in [4.78, 5) is 9.22. The molecule has 2 aromatic carbocycles. The quantitative estimate of drug-likeness (QED) is 0.344. The monoisotopic (exact) mass is 406 g/mol. The number of ether oxygens (including phenoxy) is 1. The average molecular weight is 407 g/mol. The van der Waals surface area contributed by atoms with Gasteiger partial charge in [-0.15, -0.1) is 0 Å². The molecule has 0 bridgehead atoms. The first-order valence-corrected chi connectivity index (χ1v) is 10.4. The number of hydrogen-bond acceptors (Lipinski definition) is 3. The molecule has 0 fully saturated rings. The smallest absolute Gasteiger partial charge is 0.118 e. The largest absolute Gasteiger partial charge is 0.497 e. The van der Waals surface area contributed by atoms with Gasteiger partial charge in [0.05, 0.1) is 18.5 Å². The fourth-order valence-corrected chi connectivity index (χ4v) is 3.68. The number of aryl methyl sites for hydroxylation is 2. The van der Waals surface area contributed by atoms with Crippen molar-refractivity contribution in [3.05, 3.63) is 113 Å². The summed E-state index contributed by atoms with van der Waals surface area (Å²) in [6.07, 6.45) is 3.78. The van der Waals surface area contributed by atoms with Crippen LogP contribution >= 0.6 is 0 Å². The molecule has 4 aromatic rings.